The van der Waals surface area contributed by atoms with Crippen LogP contribution in [0.3, 0.4) is 0 Å². The summed E-state index contributed by atoms with van der Waals surface area (Å²) in [4.78, 5) is 35.9. The topological polar surface area (TPSA) is 84.5 Å². The van der Waals surface area contributed by atoms with Gasteiger partial charge in [-0.2, -0.15) is 0 Å². The maximum absolute atomic E-state index is 12.2. The molecule has 30 heavy (non-hydrogen) atoms. The number of nitrogens with one attached hydrogen (secondary N) is 2. The Bertz CT molecular complexity index is 1040. The van der Waals surface area contributed by atoms with E-state index in [9.17, 15) is 14.4 Å². The van der Waals surface area contributed by atoms with Gasteiger partial charge in [-0.3, -0.25) is 14.4 Å². The third-order valence-corrected chi connectivity index (χ3v) is 4.67. The predicted molar refractivity (Wildman–Crippen MR) is 116 cm³/mol. The molecular weight excluding hydrogens is 380 g/mol. The fraction of sp³-hybridized carbons (Fsp3) is 0.208. The number of aryl methyl sites for hydroxylation is 1. The maximum atomic E-state index is 12.2. The van der Waals surface area contributed by atoms with Crippen LogP contribution in [0.5, 0.6) is 0 Å². The molecule has 0 aliphatic heterocycles. The third-order valence-electron chi connectivity index (χ3n) is 4.67. The molecule has 2 N–H and O–H groups in total. The molecule has 3 rings (SSSR count). The second kappa shape index (κ2) is 10.2. The van der Waals surface area contributed by atoms with Crippen LogP contribution in [0.15, 0.2) is 66.7 Å². The monoisotopic (exact) mass is 404 g/mol. The van der Waals surface area contributed by atoms with Crippen LogP contribution >= 0.6 is 0 Å². The predicted octanol–water partition coefficient (Wildman–Crippen LogP) is 3.24. The van der Waals surface area contributed by atoms with Gasteiger partial charge in [-0.15, -0.1) is 0 Å². The van der Waals surface area contributed by atoms with E-state index in [1.807, 2.05) is 61.5 Å². The zero-order valence-corrected chi connectivity index (χ0v) is 16.8. The summed E-state index contributed by atoms with van der Waals surface area (Å²) in [6.45, 7) is 1.35. The molecule has 154 valence electrons. The average Bonchev–Trinajstić information content (AvgIpc) is 2.77. The molecule has 0 saturated carbocycles. The number of fused-ring (bicyclic) bond motifs is 1. The molecular formula is C24H24N2O4. The highest BCUT2D eigenvalue weighted by molar-refractivity contribution is 5.93. The van der Waals surface area contributed by atoms with Gasteiger partial charge < -0.3 is 15.4 Å². The van der Waals surface area contributed by atoms with Gasteiger partial charge in [-0.05, 0) is 40.5 Å². The van der Waals surface area contributed by atoms with E-state index in [-0.39, 0.29) is 18.9 Å². The highest BCUT2D eigenvalue weighted by Crippen LogP contribution is 2.18. The summed E-state index contributed by atoms with van der Waals surface area (Å²) in [7, 11) is 0. The lowest BCUT2D eigenvalue weighted by Crippen LogP contribution is -2.33. The Kier molecular flexibility index (Phi) is 7.16. The molecule has 3 aromatic rings. The molecule has 0 fully saturated rings. The Morgan fingerprint density at radius 3 is 2.37 bits per heavy atom. The fourth-order valence-corrected chi connectivity index (χ4v) is 3.07. The van der Waals surface area contributed by atoms with E-state index in [1.165, 1.54) is 5.56 Å². The van der Waals surface area contributed by atoms with Crippen molar-refractivity contribution in [3.8, 4) is 0 Å². The molecule has 2 amide bonds. The Morgan fingerprint density at radius 1 is 0.867 bits per heavy atom. The number of hydrogen-bond donors (Lipinski definition) is 2. The lowest BCUT2D eigenvalue weighted by atomic mass is 10.0. The van der Waals surface area contributed by atoms with Crippen molar-refractivity contribution < 1.29 is 19.1 Å². The number of benzene rings is 3. The van der Waals surface area contributed by atoms with Crippen LogP contribution < -0.4 is 10.6 Å². The van der Waals surface area contributed by atoms with Gasteiger partial charge in [0.2, 0.25) is 5.91 Å². The van der Waals surface area contributed by atoms with E-state index < -0.39 is 18.5 Å². The van der Waals surface area contributed by atoms with Gasteiger partial charge in [0.05, 0.1) is 6.42 Å². The minimum Gasteiger partial charge on any atom is -0.454 e. The standard InChI is InChI=1S/C24H24N2O4/c1-2-17-10-12-20(13-11-17)26-23(28)16-30-24(29)15-25-22(27)14-19-8-5-7-18-6-3-4-9-21(18)19/h3-13H,2,14-16H2,1H3,(H,25,27)(H,26,28). The number of esters is 1. The van der Waals surface area contributed by atoms with Crippen molar-refractivity contribution in [3.63, 3.8) is 0 Å². The number of ether oxygens (including phenoxy) is 1. The van der Waals surface area contributed by atoms with Crippen LogP contribution in [0.2, 0.25) is 0 Å². The van der Waals surface area contributed by atoms with Gasteiger partial charge in [0.15, 0.2) is 6.61 Å². The molecule has 0 aliphatic carbocycles. The molecule has 0 atom stereocenters. The van der Waals surface area contributed by atoms with Crippen LogP contribution in [0.25, 0.3) is 10.8 Å². The van der Waals surface area contributed by atoms with Crippen molar-refractivity contribution in [3.05, 3.63) is 77.9 Å². The van der Waals surface area contributed by atoms with Crippen LogP contribution in [0, 0.1) is 0 Å². The second-order valence-electron chi connectivity index (χ2n) is 6.85. The van der Waals surface area contributed by atoms with Crippen molar-refractivity contribution in [2.75, 3.05) is 18.5 Å². The number of anilines is 1. The molecule has 0 spiro atoms. The first kappa shape index (κ1) is 21.0. The number of hydrogen-bond acceptors (Lipinski definition) is 4. The van der Waals surface area contributed by atoms with Gasteiger partial charge in [0.1, 0.15) is 6.54 Å². The number of amides is 2. The minimum atomic E-state index is -0.669. The van der Waals surface area contributed by atoms with E-state index in [0.29, 0.717) is 5.69 Å². The normalized spacial score (nSPS) is 10.4. The van der Waals surface area contributed by atoms with Crippen molar-refractivity contribution in [2.24, 2.45) is 0 Å². The van der Waals surface area contributed by atoms with Gasteiger partial charge in [-0.25, -0.2) is 0 Å². The molecule has 0 radical (unpaired) electrons. The first-order valence-electron chi connectivity index (χ1n) is 9.83. The summed E-state index contributed by atoms with van der Waals surface area (Å²) in [6.07, 6.45) is 1.07. The average molecular weight is 404 g/mol. The highest BCUT2D eigenvalue weighted by Gasteiger charge is 2.11. The summed E-state index contributed by atoms with van der Waals surface area (Å²) in [5.74, 6) is -1.39. The highest BCUT2D eigenvalue weighted by atomic mass is 16.5. The van der Waals surface area contributed by atoms with Crippen molar-refractivity contribution in [2.45, 2.75) is 19.8 Å². The number of rotatable bonds is 8. The van der Waals surface area contributed by atoms with Gasteiger partial charge in [-0.1, -0.05) is 61.5 Å². The van der Waals surface area contributed by atoms with E-state index in [2.05, 4.69) is 10.6 Å². The molecule has 0 aliphatic rings. The molecule has 6 nitrogen and oxygen atoms in total. The van der Waals surface area contributed by atoms with Gasteiger partial charge >= 0.3 is 5.97 Å². The third kappa shape index (κ3) is 5.91. The van der Waals surface area contributed by atoms with Crippen molar-refractivity contribution >= 4 is 34.2 Å². The van der Waals surface area contributed by atoms with E-state index in [4.69, 9.17) is 4.74 Å². The summed E-state index contributed by atoms with van der Waals surface area (Å²) >= 11 is 0. The Balaban J connectivity index is 1.41. The first-order chi connectivity index (χ1) is 14.5. The number of carbonyl (C=O) groups is 3. The summed E-state index contributed by atoms with van der Waals surface area (Å²) < 4.78 is 4.93. The molecule has 3 aromatic carbocycles. The minimum absolute atomic E-state index is 0.156. The molecule has 6 heteroatoms. The first-order valence-corrected chi connectivity index (χ1v) is 9.83. The Hall–Kier alpha value is -3.67. The lowest BCUT2D eigenvalue weighted by Gasteiger charge is -2.09. The number of carbonyl (C=O) groups excluding carboxylic acids is 3. The zero-order valence-electron chi connectivity index (χ0n) is 16.8. The van der Waals surface area contributed by atoms with Crippen LogP contribution in [-0.2, 0) is 32.0 Å². The molecule has 0 saturated heterocycles. The van der Waals surface area contributed by atoms with Gasteiger partial charge in [0.25, 0.3) is 5.91 Å². The SMILES string of the molecule is CCc1ccc(NC(=O)COC(=O)CNC(=O)Cc2cccc3ccccc23)cc1. The molecule has 0 heterocycles. The molecule has 0 bridgehead atoms. The Labute approximate surface area is 175 Å². The molecule has 0 unspecified atom stereocenters. The van der Waals surface area contributed by atoms with E-state index in [1.54, 1.807) is 12.1 Å². The smallest absolute Gasteiger partial charge is 0.325 e. The summed E-state index contributed by atoms with van der Waals surface area (Å²) in [5, 5.41) is 7.25. The Morgan fingerprint density at radius 2 is 1.60 bits per heavy atom. The van der Waals surface area contributed by atoms with E-state index >= 15 is 0 Å². The van der Waals surface area contributed by atoms with Crippen molar-refractivity contribution in [1.82, 2.24) is 5.32 Å². The van der Waals surface area contributed by atoms with Crippen molar-refractivity contribution in [1.29, 1.82) is 0 Å². The second-order valence-corrected chi connectivity index (χ2v) is 6.85. The summed E-state index contributed by atoms with van der Waals surface area (Å²) in [5.41, 5.74) is 2.68. The van der Waals surface area contributed by atoms with Gasteiger partial charge in [0, 0.05) is 5.69 Å². The van der Waals surface area contributed by atoms with Crippen LogP contribution in [0.1, 0.15) is 18.1 Å². The van der Waals surface area contributed by atoms with E-state index in [0.717, 1.165) is 22.8 Å². The molecule has 0 aromatic heterocycles. The van der Waals surface area contributed by atoms with Crippen LogP contribution in [0.4, 0.5) is 5.69 Å². The summed E-state index contributed by atoms with van der Waals surface area (Å²) in [6, 6.07) is 21.0. The largest absolute Gasteiger partial charge is 0.454 e. The van der Waals surface area contributed by atoms with Crippen LogP contribution in [-0.4, -0.2) is 30.9 Å². The maximum Gasteiger partial charge on any atom is 0.325 e. The zero-order chi connectivity index (χ0) is 21.3. The quantitative estimate of drug-likeness (QED) is 0.565. The fourth-order valence-electron chi connectivity index (χ4n) is 3.07. The lowest BCUT2D eigenvalue weighted by molar-refractivity contribution is -0.147.